The van der Waals surface area contributed by atoms with Crippen molar-refractivity contribution >= 4 is 15.9 Å². The highest BCUT2D eigenvalue weighted by Gasteiger charge is 2.19. The van der Waals surface area contributed by atoms with Crippen molar-refractivity contribution in [3.63, 3.8) is 0 Å². The Bertz CT molecular complexity index is 348. The lowest BCUT2D eigenvalue weighted by Gasteiger charge is -2.34. The second-order valence-corrected chi connectivity index (χ2v) is 5.61. The standard InChI is InChI=1S/C14H21BrN2/c1-2-17(14-7-4-8-16-10-14)11-12-5-3-6-13(15)9-12/h3,5-6,9,14,16H,2,4,7-8,10-11H2,1H3. The van der Waals surface area contributed by atoms with Gasteiger partial charge in [-0.1, -0.05) is 35.0 Å². The van der Waals surface area contributed by atoms with Crippen LogP contribution in [0.2, 0.25) is 0 Å². The van der Waals surface area contributed by atoms with Crippen molar-refractivity contribution in [2.75, 3.05) is 19.6 Å². The number of benzene rings is 1. The Morgan fingerprint density at radius 2 is 2.35 bits per heavy atom. The van der Waals surface area contributed by atoms with E-state index < -0.39 is 0 Å². The summed E-state index contributed by atoms with van der Waals surface area (Å²) in [5.74, 6) is 0. The lowest BCUT2D eigenvalue weighted by atomic mass is 10.0. The van der Waals surface area contributed by atoms with Gasteiger partial charge in [0.25, 0.3) is 0 Å². The normalized spacial score (nSPS) is 20.8. The summed E-state index contributed by atoms with van der Waals surface area (Å²) in [4.78, 5) is 2.58. The maximum atomic E-state index is 3.54. The predicted molar refractivity (Wildman–Crippen MR) is 76.1 cm³/mol. The van der Waals surface area contributed by atoms with Crippen LogP contribution in [0.3, 0.4) is 0 Å². The fraction of sp³-hybridized carbons (Fsp3) is 0.571. The molecule has 1 aliphatic rings. The molecule has 0 bridgehead atoms. The molecule has 1 aliphatic heterocycles. The molecule has 17 heavy (non-hydrogen) atoms. The number of rotatable bonds is 4. The number of nitrogens with zero attached hydrogens (tertiary/aromatic N) is 1. The van der Waals surface area contributed by atoms with E-state index in [0.717, 1.165) is 19.6 Å². The van der Waals surface area contributed by atoms with Crippen LogP contribution in [-0.2, 0) is 6.54 Å². The van der Waals surface area contributed by atoms with Crippen LogP contribution in [0, 0.1) is 0 Å². The van der Waals surface area contributed by atoms with Crippen LogP contribution < -0.4 is 5.32 Å². The van der Waals surface area contributed by atoms with E-state index in [-0.39, 0.29) is 0 Å². The van der Waals surface area contributed by atoms with Gasteiger partial charge in [0.15, 0.2) is 0 Å². The second kappa shape index (κ2) is 6.53. The molecule has 1 N–H and O–H groups in total. The van der Waals surface area contributed by atoms with Crippen LogP contribution in [0.4, 0.5) is 0 Å². The Hall–Kier alpha value is -0.380. The molecule has 1 aromatic rings. The maximum Gasteiger partial charge on any atom is 0.0237 e. The fourth-order valence-corrected chi connectivity index (χ4v) is 2.96. The molecule has 0 aromatic heterocycles. The molecule has 1 heterocycles. The Morgan fingerprint density at radius 3 is 3.00 bits per heavy atom. The summed E-state index contributed by atoms with van der Waals surface area (Å²) in [6.45, 7) is 6.76. The number of hydrogen-bond donors (Lipinski definition) is 1. The number of halogens is 1. The van der Waals surface area contributed by atoms with Gasteiger partial charge in [-0.25, -0.2) is 0 Å². The van der Waals surface area contributed by atoms with E-state index in [1.165, 1.54) is 29.4 Å². The molecule has 0 amide bonds. The largest absolute Gasteiger partial charge is 0.315 e. The summed E-state index contributed by atoms with van der Waals surface area (Å²) in [6.07, 6.45) is 2.63. The van der Waals surface area contributed by atoms with Crippen molar-refractivity contribution in [2.45, 2.75) is 32.4 Å². The zero-order valence-corrected chi connectivity index (χ0v) is 12.0. The monoisotopic (exact) mass is 296 g/mol. The topological polar surface area (TPSA) is 15.3 Å². The molecule has 0 saturated carbocycles. The van der Waals surface area contributed by atoms with Gasteiger partial charge in [-0.3, -0.25) is 4.90 Å². The van der Waals surface area contributed by atoms with Gasteiger partial charge in [-0.15, -0.1) is 0 Å². The Labute approximate surface area is 113 Å². The van der Waals surface area contributed by atoms with Crippen molar-refractivity contribution < 1.29 is 0 Å². The summed E-state index contributed by atoms with van der Waals surface area (Å²) in [5.41, 5.74) is 1.40. The number of piperidine rings is 1. The second-order valence-electron chi connectivity index (χ2n) is 4.69. The van der Waals surface area contributed by atoms with Gasteiger partial charge >= 0.3 is 0 Å². The molecule has 2 rings (SSSR count). The molecule has 1 atom stereocenters. The molecule has 2 nitrogen and oxygen atoms in total. The van der Waals surface area contributed by atoms with E-state index >= 15 is 0 Å². The minimum absolute atomic E-state index is 0.702. The third-order valence-electron chi connectivity index (χ3n) is 3.47. The van der Waals surface area contributed by atoms with Crippen LogP contribution in [-0.4, -0.2) is 30.6 Å². The molecule has 0 spiro atoms. The highest BCUT2D eigenvalue weighted by molar-refractivity contribution is 9.10. The van der Waals surface area contributed by atoms with Crippen molar-refractivity contribution in [1.82, 2.24) is 10.2 Å². The summed E-state index contributed by atoms with van der Waals surface area (Å²) >= 11 is 3.54. The van der Waals surface area contributed by atoms with Crippen molar-refractivity contribution in [3.8, 4) is 0 Å². The third kappa shape index (κ3) is 3.80. The Balaban J connectivity index is 1.98. The van der Waals surface area contributed by atoms with Gasteiger partial charge in [-0.2, -0.15) is 0 Å². The van der Waals surface area contributed by atoms with Crippen molar-refractivity contribution in [3.05, 3.63) is 34.3 Å². The van der Waals surface area contributed by atoms with E-state index in [0.29, 0.717) is 6.04 Å². The summed E-state index contributed by atoms with van der Waals surface area (Å²) in [7, 11) is 0. The third-order valence-corrected chi connectivity index (χ3v) is 3.96. The molecule has 94 valence electrons. The first-order valence-electron chi connectivity index (χ1n) is 6.49. The van der Waals surface area contributed by atoms with Gasteiger partial charge in [0.05, 0.1) is 0 Å². The minimum atomic E-state index is 0.702. The van der Waals surface area contributed by atoms with Crippen LogP contribution >= 0.6 is 15.9 Å². The van der Waals surface area contributed by atoms with Gasteiger partial charge in [-0.05, 0) is 43.6 Å². The van der Waals surface area contributed by atoms with E-state index in [4.69, 9.17) is 0 Å². The number of hydrogen-bond acceptors (Lipinski definition) is 2. The molecule has 0 aliphatic carbocycles. The molecular weight excluding hydrogens is 276 g/mol. The zero-order chi connectivity index (χ0) is 12.1. The van der Waals surface area contributed by atoms with Crippen molar-refractivity contribution in [2.24, 2.45) is 0 Å². The Kier molecular flexibility index (Phi) is 5.01. The van der Waals surface area contributed by atoms with Gasteiger partial charge < -0.3 is 5.32 Å². The van der Waals surface area contributed by atoms with E-state index in [1.54, 1.807) is 0 Å². The molecule has 0 radical (unpaired) electrons. The number of likely N-dealkylation sites (N-methyl/N-ethyl adjacent to an activating group) is 1. The average molecular weight is 297 g/mol. The molecule has 3 heteroatoms. The quantitative estimate of drug-likeness (QED) is 0.919. The zero-order valence-electron chi connectivity index (χ0n) is 10.5. The highest BCUT2D eigenvalue weighted by Crippen LogP contribution is 2.17. The first-order chi connectivity index (χ1) is 8.29. The molecule has 1 unspecified atom stereocenters. The molecular formula is C14H21BrN2. The fourth-order valence-electron chi connectivity index (χ4n) is 2.51. The van der Waals surface area contributed by atoms with Crippen LogP contribution in [0.5, 0.6) is 0 Å². The highest BCUT2D eigenvalue weighted by atomic mass is 79.9. The lowest BCUT2D eigenvalue weighted by Crippen LogP contribution is -2.45. The maximum absolute atomic E-state index is 3.54. The van der Waals surface area contributed by atoms with Gasteiger partial charge in [0.1, 0.15) is 0 Å². The average Bonchev–Trinajstić information content (AvgIpc) is 2.37. The molecule has 1 aromatic carbocycles. The molecule has 1 fully saturated rings. The summed E-state index contributed by atoms with van der Waals surface area (Å²) < 4.78 is 1.17. The first kappa shape index (κ1) is 13.1. The van der Waals surface area contributed by atoms with E-state index in [2.05, 4.69) is 57.3 Å². The lowest BCUT2D eigenvalue weighted by molar-refractivity contribution is 0.166. The Morgan fingerprint density at radius 1 is 1.47 bits per heavy atom. The first-order valence-corrected chi connectivity index (χ1v) is 7.28. The smallest absolute Gasteiger partial charge is 0.0237 e. The summed E-state index contributed by atoms with van der Waals surface area (Å²) in [6, 6.07) is 9.34. The molecule has 1 saturated heterocycles. The van der Waals surface area contributed by atoms with Crippen LogP contribution in [0.25, 0.3) is 0 Å². The van der Waals surface area contributed by atoms with Crippen molar-refractivity contribution in [1.29, 1.82) is 0 Å². The predicted octanol–water partition coefficient (Wildman–Crippen LogP) is 3.02. The van der Waals surface area contributed by atoms with Crippen LogP contribution in [0.1, 0.15) is 25.3 Å². The SMILES string of the molecule is CCN(Cc1cccc(Br)c1)C1CCCNC1. The minimum Gasteiger partial charge on any atom is -0.315 e. The van der Waals surface area contributed by atoms with E-state index in [9.17, 15) is 0 Å². The van der Waals surface area contributed by atoms with Crippen LogP contribution in [0.15, 0.2) is 28.7 Å². The summed E-state index contributed by atoms with van der Waals surface area (Å²) in [5, 5.41) is 3.50. The van der Waals surface area contributed by atoms with Gasteiger partial charge in [0.2, 0.25) is 0 Å². The van der Waals surface area contributed by atoms with Gasteiger partial charge in [0, 0.05) is 23.6 Å². The number of nitrogens with one attached hydrogen (secondary N) is 1. The van der Waals surface area contributed by atoms with E-state index in [1.807, 2.05) is 0 Å².